The van der Waals surface area contributed by atoms with Gasteiger partial charge < -0.3 is 8.98 Å². The van der Waals surface area contributed by atoms with Gasteiger partial charge in [0.05, 0.1) is 0 Å². The molecule has 0 atom stereocenters. The van der Waals surface area contributed by atoms with Crippen molar-refractivity contribution in [1.82, 2.24) is 14.8 Å². The number of benzene rings is 1. The zero-order valence-electron chi connectivity index (χ0n) is 12.1. The topological polar surface area (TPSA) is 43.9 Å². The SMILES string of the molecule is CCc1nnc(-c2c(C)[c]c(C)n2-c2cccc(Br)c2)o1. The first-order valence-corrected chi connectivity index (χ1v) is 7.59. The summed E-state index contributed by atoms with van der Waals surface area (Å²) in [6, 6.07) is 11.4. The lowest BCUT2D eigenvalue weighted by Gasteiger charge is -2.10. The summed E-state index contributed by atoms with van der Waals surface area (Å²) in [7, 11) is 0. The predicted molar refractivity (Wildman–Crippen MR) is 84.4 cm³/mol. The average Bonchev–Trinajstić information content (AvgIpc) is 3.02. The van der Waals surface area contributed by atoms with Crippen molar-refractivity contribution in [3.8, 4) is 17.3 Å². The van der Waals surface area contributed by atoms with Gasteiger partial charge in [0, 0.05) is 28.3 Å². The second-order valence-corrected chi connectivity index (χ2v) is 5.77. The van der Waals surface area contributed by atoms with Crippen LogP contribution in [0.5, 0.6) is 0 Å². The van der Waals surface area contributed by atoms with Crippen molar-refractivity contribution in [2.24, 2.45) is 0 Å². The number of rotatable bonds is 3. The van der Waals surface area contributed by atoms with Crippen LogP contribution in [0, 0.1) is 19.9 Å². The van der Waals surface area contributed by atoms with Gasteiger partial charge in [-0.3, -0.25) is 0 Å². The number of hydrogen-bond donors (Lipinski definition) is 0. The molecule has 0 aliphatic carbocycles. The number of aromatic nitrogens is 3. The first-order valence-electron chi connectivity index (χ1n) is 6.80. The summed E-state index contributed by atoms with van der Waals surface area (Å²) in [5.41, 5.74) is 3.95. The molecule has 0 bridgehead atoms. The Morgan fingerprint density at radius 3 is 2.76 bits per heavy atom. The van der Waals surface area contributed by atoms with Crippen molar-refractivity contribution in [2.75, 3.05) is 0 Å². The second kappa shape index (κ2) is 5.48. The van der Waals surface area contributed by atoms with E-state index in [4.69, 9.17) is 4.42 Å². The van der Waals surface area contributed by atoms with Crippen LogP contribution in [0.25, 0.3) is 17.3 Å². The standard InChI is InChI=1S/C16H15BrN3O/c1-4-14-18-19-16(21-14)15-10(2)8-11(3)20(15)13-7-5-6-12(17)9-13/h5-7,9H,4H2,1-3H3. The van der Waals surface area contributed by atoms with Crippen molar-refractivity contribution >= 4 is 15.9 Å². The van der Waals surface area contributed by atoms with Gasteiger partial charge in [0.15, 0.2) is 0 Å². The van der Waals surface area contributed by atoms with Crippen LogP contribution in [0.3, 0.4) is 0 Å². The molecule has 21 heavy (non-hydrogen) atoms. The van der Waals surface area contributed by atoms with E-state index >= 15 is 0 Å². The van der Waals surface area contributed by atoms with Gasteiger partial charge in [0.25, 0.3) is 5.89 Å². The normalized spacial score (nSPS) is 11.0. The summed E-state index contributed by atoms with van der Waals surface area (Å²) in [5, 5.41) is 8.23. The maximum absolute atomic E-state index is 5.73. The molecule has 0 unspecified atom stereocenters. The molecule has 0 spiro atoms. The monoisotopic (exact) mass is 344 g/mol. The van der Waals surface area contributed by atoms with Gasteiger partial charge in [-0.1, -0.05) is 28.9 Å². The largest absolute Gasteiger partial charge is 0.419 e. The highest BCUT2D eigenvalue weighted by molar-refractivity contribution is 9.10. The number of halogens is 1. The molecule has 107 valence electrons. The van der Waals surface area contributed by atoms with Crippen LogP contribution in [-0.2, 0) is 6.42 Å². The highest BCUT2D eigenvalue weighted by Crippen LogP contribution is 2.30. The van der Waals surface area contributed by atoms with E-state index in [9.17, 15) is 0 Å². The Kier molecular flexibility index (Phi) is 3.68. The Morgan fingerprint density at radius 2 is 2.10 bits per heavy atom. The van der Waals surface area contributed by atoms with Crippen LogP contribution in [0.1, 0.15) is 24.1 Å². The fourth-order valence-electron chi connectivity index (χ4n) is 2.41. The molecular formula is C16H15BrN3O. The van der Waals surface area contributed by atoms with E-state index in [0.717, 1.165) is 33.5 Å². The minimum atomic E-state index is 0.536. The summed E-state index contributed by atoms with van der Waals surface area (Å²) in [4.78, 5) is 0. The molecule has 1 radical (unpaired) electrons. The Balaban J connectivity index is 2.21. The van der Waals surface area contributed by atoms with Gasteiger partial charge in [-0.25, -0.2) is 0 Å². The lowest BCUT2D eigenvalue weighted by atomic mass is 10.2. The molecule has 0 amide bonds. The summed E-state index contributed by atoms with van der Waals surface area (Å²) >= 11 is 3.51. The molecule has 2 aromatic heterocycles. The quantitative estimate of drug-likeness (QED) is 0.712. The van der Waals surface area contributed by atoms with E-state index in [2.05, 4.69) is 42.8 Å². The fraction of sp³-hybridized carbons (Fsp3) is 0.250. The molecule has 1 aromatic carbocycles. The molecule has 3 aromatic rings. The van der Waals surface area contributed by atoms with Gasteiger partial charge in [-0.05, 0) is 37.6 Å². The fourth-order valence-corrected chi connectivity index (χ4v) is 2.80. The zero-order valence-corrected chi connectivity index (χ0v) is 13.7. The van der Waals surface area contributed by atoms with Crippen LogP contribution < -0.4 is 0 Å². The van der Waals surface area contributed by atoms with Crippen molar-refractivity contribution in [3.05, 3.63) is 52.0 Å². The van der Waals surface area contributed by atoms with Crippen LogP contribution in [0.2, 0.25) is 0 Å². The van der Waals surface area contributed by atoms with E-state index in [1.165, 1.54) is 0 Å². The molecule has 5 heteroatoms. The number of hydrogen-bond acceptors (Lipinski definition) is 3. The van der Waals surface area contributed by atoms with Crippen molar-refractivity contribution in [1.29, 1.82) is 0 Å². The van der Waals surface area contributed by atoms with Crippen molar-refractivity contribution < 1.29 is 4.42 Å². The Bertz CT molecular complexity index is 789. The van der Waals surface area contributed by atoms with E-state index in [0.29, 0.717) is 11.8 Å². The van der Waals surface area contributed by atoms with Gasteiger partial charge in [0.2, 0.25) is 5.89 Å². The molecule has 0 saturated carbocycles. The number of nitrogens with zero attached hydrogens (tertiary/aromatic N) is 3. The van der Waals surface area contributed by atoms with E-state index in [-0.39, 0.29) is 0 Å². The van der Waals surface area contributed by atoms with Crippen LogP contribution in [0.4, 0.5) is 0 Å². The summed E-state index contributed by atoms with van der Waals surface area (Å²) in [6.07, 6.45) is 0.729. The molecule has 0 saturated heterocycles. The Hall–Kier alpha value is -1.88. The van der Waals surface area contributed by atoms with Crippen LogP contribution >= 0.6 is 15.9 Å². The second-order valence-electron chi connectivity index (χ2n) is 4.85. The summed E-state index contributed by atoms with van der Waals surface area (Å²) in [5.74, 6) is 1.18. The summed E-state index contributed by atoms with van der Waals surface area (Å²) in [6.45, 7) is 6.02. The molecule has 3 rings (SSSR count). The maximum Gasteiger partial charge on any atom is 0.264 e. The first-order chi connectivity index (χ1) is 10.1. The summed E-state index contributed by atoms with van der Waals surface area (Å²) < 4.78 is 8.85. The highest BCUT2D eigenvalue weighted by Gasteiger charge is 2.19. The predicted octanol–water partition coefficient (Wildman–Crippen LogP) is 4.27. The van der Waals surface area contributed by atoms with Gasteiger partial charge >= 0.3 is 0 Å². The maximum atomic E-state index is 5.73. The number of aryl methyl sites for hydroxylation is 3. The van der Waals surface area contributed by atoms with E-state index in [1.807, 2.05) is 39.0 Å². The first kappa shape index (κ1) is 14.1. The van der Waals surface area contributed by atoms with E-state index in [1.54, 1.807) is 0 Å². The molecule has 2 heterocycles. The Morgan fingerprint density at radius 1 is 1.29 bits per heavy atom. The lowest BCUT2D eigenvalue weighted by molar-refractivity contribution is 0.510. The third kappa shape index (κ3) is 2.53. The Labute approximate surface area is 131 Å². The highest BCUT2D eigenvalue weighted by atomic mass is 79.9. The van der Waals surface area contributed by atoms with Crippen LogP contribution in [-0.4, -0.2) is 14.8 Å². The minimum absolute atomic E-state index is 0.536. The lowest BCUT2D eigenvalue weighted by Crippen LogP contribution is -1.99. The van der Waals surface area contributed by atoms with Gasteiger partial charge in [0.1, 0.15) is 5.69 Å². The van der Waals surface area contributed by atoms with Crippen molar-refractivity contribution in [3.63, 3.8) is 0 Å². The third-order valence-corrected chi connectivity index (χ3v) is 3.81. The van der Waals surface area contributed by atoms with Crippen molar-refractivity contribution in [2.45, 2.75) is 27.2 Å². The van der Waals surface area contributed by atoms with Gasteiger partial charge in [-0.2, -0.15) is 0 Å². The molecule has 0 aliphatic rings. The molecule has 0 aliphatic heterocycles. The molecular weight excluding hydrogens is 330 g/mol. The molecule has 4 nitrogen and oxygen atoms in total. The van der Waals surface area contributed by atoms with Gasteiger partial charge in [-0.15, -0.1) is 10.2 Å². The third-order valence-electron chi connectivity index (χ3n) is 3.32. The minimum Gasteiger partial charge on any atom is -0.419 e. The molecule has 0 N–H and O–H groups in total. The zero-order chi connectivity index (χ0) is 15.0. The van der Waals surface area contributed by atoms with E-state index < -0.39 is 0 Å². The molecule has 0 fully saturated rings. The average molecular weight is 345 g/mol. The van der Waals surface area contributed by atoms with Crippen LogP contribution in [0.15, 0.2) is 33.2 Å². The smallest absolute Gasteiger partial charge is 0.264 e.